The van der Waals surface area contributed by atoms with Gasteiger partial charge in [-0.1, -0.05) is 12.1 Å². The Morgan fingerprint density at radius 2 is 1.33 bits per heavy atom. The molecule has 6 nitrogen and oxygen atoms in total. The van der Waals surface area contributed by atoms with Gasteiger partial charge in [-0.05, 0) is 81.1 Å². The van der Waals surface area contributed by atoms with Crippen molar-refractivity contribution >= 4 is 5.97 Å². The third-order valence-corrected chi connectivity index (χ3v) is 5.02. The lowest BCUT2D eigenvalue weighted by molar-refractivity contribution is -0.415. The highest BCUT2D eigenvalue weighted by atomic mass is 16.6. The van der Waals surface area contributed by atoms with Crippen LogP contribution in [0.3, 0.4) is 0 Å². The topological polar surface area (TPSA) is 81.6 Å². The van der Waals surface area contributed by atoms with Crippen molar-refractivity contribution in [3.8, 4) is 11.5 Å². The predicted octanol–water partition coefficient (Wildman–Crippen LogP) is 2.69. The van der Waals surface area contributed by atoms with E-state index >= 15 is 0 Å². The van der Waals surface area contributed by atoms with Crippen molar-refractivity contribution in [2.45, 2.75) is 59.0 Å². The molecule has 4 atom stereocenters. The van der Waals surface area contributed by atoms with E-state index < -0.39 is 30.3 Å². The van der Waals surface area contributed by atoms with Crippen molar-refractivity contribution in [3.63, 3.8) is 0 Å². The van der Waals surface area contributed by atoms with E-state index in [9.17, 15) is 4.79 Å². The van der Waals surface area contributed by atoms with Gasteiger partial charge in [0.15, 0.2) is 12.2 Å². The number of ether oxygens (including phenoxy) is 4. The van der Waals surface area contributed by atoms with Gasteiger partial charge in [0.1, 0.15) is 24.2 Å². The van der Waals surface area contributed by atoms with Gasteiger partial charge in [0.2, 0.25) is 6.04 Å². The largest absolute Gasteiger partial charge is 0.484 e. The Bertz CT molecular complexity index is 857. The molecule has 0 radical (unpaired) electrons. The minimum absolute atomic E-state index is 0.175. The van der Waals surface area contributed by atoms with Gasteiger partial charge in [-0.15, -0.1) is 0 Å². The fraction of sp³-hybridized carbons (Fsp3) is 0.458. The molecule has 6 heteroatoms. The van der Waals surface area contributed by atoms with Gasteiger partial charge < -0.3 is 24.7 Å². The molecule has 0 aromatic heterocycles. The molecule has 0 spiro atoms. The summed E-state index contributed by atoms with van der Waals surface area (Å²) in [6.45, 7) is 10.4. The number of esters is 1. The molecule has 1 aliphatic heterocycles. The number of aryl methyl sites for hydroxylation is 4. The first-order chi connectivity index (χ1) is 14.2. The number of quaternary nitrogens is 1. The van der Waals surface area contributed by atoms with E-state index in [0.717, 1.165) is 28.0 Å². The summed E-state index contributed by atoms with van der Waals surface area (Å²) >= 11 is 0. The molecule has 1 saturated heterocycles. The normalized spacial score (nSPS) is 24.9. The Balaban J connectivity index is 1.93. The Kier molecular flexibility index (Phi) is 7.00. The van der Waals surface area contributed by atoms with Crippen LogP contribution in [-0.2, 0) is 14.3 Å². The highest BCUT2D eigenvalue weighted by Crippen LogP contribution is 2.25. The molecule has 2 aromatic carbocycles. The summed E-state index contributed by atoms with van der Waals surface area (Å²) in [5.74, 6) is 1.04. The summed E-state index contributed by atoms with van der Waals surface area (Å²) in [4.78, 5) is 12.3. The summed E-state index contributed by atoms with van der Waals surface area (Å²) < 4.78 is 24.1. The SMILES string of the molecule is Cc1cc(C)cc(O[C@H]2[C@H](C)OC(=O)[C@@H]([NH3+])COC[C@@H]2Oc2cc(C)cc(C)c2)c1. The fourth-order valence-corrected chi connectivity index (χ4v) is 3.74. The molecular weight excluding hydrogens is 382 g/mol. The molecule has 30 heavy (non-hydrogen) atoms. The fourth-order valence-electron chi connectivity index (χ4n) is 3.74. The summed E-state index contributed by atoms with van der Waals surface area (Å²) in [6, 6.07) is 11.5. The number of rotatable bonds is 4. The van der Waals surface area contributed by atoms with E-state index in [1.54, 1.807) is 0 Å². The van der Waals surface area contributed by atoms with Crippen LogP contribution in [0.5, 0.6) is 11.5 Å². The number of cyclic esters (lactones) is 1. The Labute approximate surface area is 178 Å². The second-order valence-corrected chi connectivity index (χ2v) is 8.26. The minimum atomic E-state index is -0.589. The molecule has 1 heterocycles. The van der Waals surface area contributed by atoms with E-state index in [-0.39, 0.29) is 13.2 Å². The van der Waals surface area contributed by atoms with Gasteiger partial charge in [-0.25, -0.2) is 4.79 Å². The maximum absolute atomic E-state index is 12.3. The molecular formula is C24H32NO5+. The molecule has 0 aliphatic carbocycles. The summed E-state index contributed by atoms with van der Waals surface area (Å²) in [5, 5.41) is 0. The number of benzene rings is 2. The molecule has 0 amide bonds. The zero-order valence-electron chi connectivity index (χ0n) is 18.4. The van der Waals surface area contributed by atoms with Crippen LogP contribution in [0.1, 0.15) is 29.2 Å². The standard InChI is InChI=1S/C24H31NO5/c1-14-6-15(2)9-19(8-14)29-22-13-27-12-21(25)24(26)28-18(5)23(22)30-20-10-16(3)7-17(4)11-20/h6-11,18,21-23H,12-13,25H2,1-5H3/p+1/t18-,21-,22-,23-/m0/s1. The molecule has 0 bridgehead atoms. The summed E-state index contributed by atoms with van der Waals surface area (Å²) in [7, 11) is 0. The van der Waals surface area contributed by atoms with Crippen molar-refractivity contribution in [3.05, 3.63) is 58.7 Å². The van der Waals surface area contributed by atoms with Crippen LogP contribution in [0, 0.1) is 27.7 Å². The first-order valence-electron chi connectivity index (χ1n) is 10.3. The Morgan fingerprint density at radius 3 is 1.87 bits per heavy atom. The monoisotopic (exact) mass is 414 g/mol. The van der Waals surface area contributed by atoms with Crippen molar-refractivity contribution < 1.29 is 29.5 Å². The third-order valence-electron chi connectivity index (χ3n) is 5.02. The Hall–Kier alpha value is -2.57. The van der Waals surface area contributed by atoms with Crippen LogP contribution in [0.15, 0.2) is 36.4 Å². The number of hydrogen-bond acceptors (Lipinski definition) is 5. The number of carbonyl (C=O) groups is 1. The lowest BCUT2D eigenvalue weighted by Gasteiger charge is -2.31. The van der Waals surface area contributed by atoms with E-state index in [1.807, 2.05) is 58.9 Å². The Morgan fingerprint density at radius 1 is 0.833 bits per heavy atom. The van der Waals surface area contributed by atoms with Crippen LogP contribution in [0.4, 0.5) is 0 Å². The van der Waals surface area contributed by atoms with Crippen molar-refractivity contribution in [2.75, 3.05) is 13.2 Å². The quantitative estimate of drug-likeness (QED) is 0.778. The minimum Gasteiger partial charge on any atom is -0.484 e. The number of hydrogen-bond donors (Lipinski definition) is 1. The zero-order valence-corrected chi connectivity index (χ0v) is 18.4. The van der Waals surface area contributed by atoms with Crippen LogP contribution in [-0.4, -0.2) is 43.5 Å². The second-order valence-electron chi connectivity index (χ2n) is 8.26. The lowest BCUT2D eigenvalue weighted by atomic mass is 10.1. The second kappa shape index (κ2) is 9.49. The van der Waals surface area contributed by atoms with Crippen LogP contribution in [0.25, 0.3) is 0 Å². The lowest BCUT2D eigenvalue weighted by Crippen LogP contribution is -2.67. The van der Waals surface area contributed by atoms with Gasteiger partial charge in [0, 0.05) is 0 Å². The first-order valence-corrected chi connectivity index (χ1v) is 10.3. The van der Waals surface area contributed by atoms with Crippen LogP contribution < -0.4 is 15.2 Å². The molecule has 3 rings (SSSR count). The van der Waals surface area contributed by atoms with E-state index in [0.29, 0.717) is 5.75 Å². The van der Waals surface area contributed by atoms with Gasteiger partial charge in [0.05, 0.1) is 6.61 Å². The van der Waals surface area contributed by atoms with E-state index in [2.05, 4.69) is 17.9 Å². The maximum Gasteiger partial charge on any atom is 0.367 e. The highest BCUT2D eigenvalue weighted by molar-refractivity contribution is 5.74. The van der Waals surface area contributed by atoms with Gasteiger partial charge in [-0.3, -0.25) is 0 Å². The van der Waals surface area contributed by atoms with Crippen molar-refractivity contribution in [1.29, 1.82) is 0 Å². The van der Waals surface area contributed by atoms with E-state index in [4.69, 9.17) is 18.9 Å². The number of carbonyl (C=O) groups excluding carboxylic acids is 1. The van der Waals surface area contributed by atoms with Crippen LogP contribution >= 0.6 is 0 Å². The average molecular weight is 415 g/mol. The third kappa shape index (κ3) is 5.74. The highest BCUT2D eigenvalue weighted by Gasteiger charge is 2.37. The van der Waals surface area contributed by atoms with Crippen LogP contribution in [0.2, 0.25) is 0 Å². The summed E-state index contributed by atoms with van der Waals surface area (Å²) in [6.07, 6.45) is -1.57. The molecule has 162 valence electrons. The van der Waals surface area contributed by atoms with Gasteiger partial charge >= 0.3 is 5.97 Å². The van der Waals surface area contributed by atoms with E-state index in [1.165, 1.54) is 0 Å². The molecule has 2 aromatic rings. The average Bonchev–Trinajstić information content (AvgIpc) is 2.67. The first kappa shape index (κ1) is 22.1. The van der Waals surface area contributed by atoms with Crippen molar-refractivity contribution in [2.24, 2.45) is 0 Å². The van der Waals surface area contributed by atoms with Gasteiger partial charge in [-0.2, -0.15) is 0 Å². The zero-order chi connectivity index (χ0) is 21.8. The smallest absolute Gasteiger partial charge is 0.367 e. The molecule has 3 N–H and O–H groups in total. The predicted molar refractivity (Wildman–Crippen MR) is 114 cm³/mol. The molecule has 1 fully saturated rings. The van der Waals surface area contributed by atoms with Gasteiger partial charge in [0.25, 0.3) is 0 Å². The van der Waals surface area contributed by atoms with Crippen molar-refractivity contribution in [1.82, 2.24) is 0 Å². The summed E-state index contributed by atoms with van der Waals surface area (Å²) in [5.41, 5.74) is 8.25. The molecule has 0 unspecified atom stereocenters. The maximum atomic E-state index is 12.3. The molecule has 1 aliphatic rings. The molecule has 0 saturated carbocycles.